The molecular weight excluding hydrogens is 362 g/mol. The van der Waals surface area contributed by atoms with Crippen molar-refractivity contribution in [2.45, 2.75) is 56.1 Å². The van der Waals surface area contributed by atoms with E-state index in [4.69, 9.17) is 11.6 Å². The quantitative estimate of drug-likeness (QED) is 0.415. The Bertz CT molecular complexity index is 682. The molecule has 140 valence electrons. The van der Waals surface area contributed by atoms with Gasteiger partial charge in [0, 0.05) is 16.5 Å². The normalized spacial score (nSPS) is 12.2. The van der Waals surface area contributed by atoms with Gasteiger partial charge in [0.25, 0.3) is 0 Å². The topological polar surface area (TPSA) is 29.1 Å². The van der Waals surface area contributed by atoms with Crippen LogP contribution >= 0.6 is 23.4 Å². The van der Waals surface area contributed by atoms with E-state index in [1.165, 1.54) is 11.1 Å². The molecule has 0 aromatic heterocycles. The van der Waals surface area contributed by atoms with Gasteiger partial charge in [-0.05, 0) is 60.6 Å². The van der Waals surface area contributed by atoms with Crippen molar-refractivity contribution in [2.75, 3.05) is 6.54 Å². The maximum Gasteiger partial charge on any atom is 0.233 e. The highest BCUT2D eigenvalue weighted by atomic mass is 35.5. The largest absolute Gasteiger partial charge is 0.355 e. The first-order valence-electron chi connectivity index (χ1n) is 9.28. The number of halogens is 1. The first-order chi connectivity index (χ1) is 12.5. The average molecular weight is 390 g/mol. The van der Waals surface area contributed by atoms with Gasteiger partial charge in [0.05, 0.1) is 5.25 Å². The predicted octanol–water partition coefficient (Wildman–Crippen LogP) is 6.08. The molecule has 2 aromatic carbocycles. The number of carbonyl (C=O) groups excluding carboxylic acids is 1. The molecule has 26 heavy (non-hydrogen) atoms. The highest BCUT2D eigenvalue weighted by Crippen LogP contribution is 2.26. The summed E-state index contributed by atoms with van der Waals surface area (Å²) in [6, 6.07) is 16.4. The van der Waals surface area contributed by atoms with E-state index in [9.17, 15) is 4.79 Å². The van der Waals surface area contributed by atoms with Crippen molar-refractivity contribution in [2.24, 2.45) is 0 Å². The minimum absolute atomic E-state index is 0.0681. The van der Waals surface area contributed by atoms with Crippen molar-refractivity contribution < 1.29 is 4.79 Å². The highest BCUT2D eigenvalue weighted by molar-refractivity contribution is 8.00. The second-order valence-corrected chi connectivity index (χ2v) is 8.47. The molecule has 0 aliphatic heterocycles. The smallest absolute Gasteiger partial charge is 0.233 e. The average Bonchev–Trinajstić information content (AvgIpc) is 2.65. The zero-order valence-electron chi connectivity index (χ0n) is 15.8. The molecule has 1 amide bonds. The minimum atomic E-state index is -0.0681. The Kier molecular flexibility index (Phi) is 8.53. The first-order valence-corrected chi connectivity index (χ1v) is 10.5. The van der Waals surface area contributed by atoms with E-state index in [1.54, 1.807) is 11.8 Å². The molecule has 2 rings (SSSR count). The molecule has 0 saturated heterocycles. The standard InChI is InChI=1S/C22H28ClNOS/c1-4-21(26-20-13-11-19(23)12-14-20)22(25)24-15-5-6-17-7-9-18(10-8-17)16(2)3/h7-14,16,21H,4-6,15H2,1-3H3,(H,24,25)/t21-/m0/s1. The van der Waals surface area contributed by atoms with Gasteiger partial charge >= 0.3 is 0 Å². The molecule has 0 saturated carbocycles. The van der Waals surface area contributed by atoms with E-state index in [0.717, 1.165) is 24.2 Å². The maximum absolute atomic E-state index is 12.4. The van der Waals surface area contributed by atoms with Crippen molar-refractivity contribution in [3.63, 3.8) is 0 Å². The van der Waals surface area contributed by atoms with Crippen molar-refractivity contribution in [1.82, 2.24) is 5.32 Å². The summed E-state index contributed by atoms with van der Waals surface area (Å²) in [7, 11) is 0. The van der Waals surface area contributed by atoms with E-state index < -0.39 is 0 Å². The third-order valence-electron chi connectivity index (χ3n) is 4.34. The third-order valence-corrected chi connectivity index (χ3v) is 5.97. The monoisotopic (exact) mass is 389 g/mol. The summed E-state index contributed by atoms with van der Waals surface area (Å²) in [6.45, 7) is 7.17. The lowest BCUT2D eigenvalue weighted by Crippen LogP contribution is -2.33. The molecule has 0 unspecified atom stereocenters. The van der Waals surface area contributed by atoms with Crippen LogP contribution in [0.5, 0.6) is 0 Å². The number of nitrogens with one attached hydrogen (secondary N) is 1. The second kappa shape index (κ2) is 10.6. The highest BCUT2D eigenvalue weighted by Gasteiger charge is 2.17. The maximum atomic E-state index is 12.4. The summed E-state index contributed by atoms with van der Waals surface area (Å²) in [5, 5.41) is 3.73. The summed E-state index contributed by atoms with van der Waals surface area (Å²) in [5.41, 5.74) is 2.69. The molecule has 4 heteroatoms. The van der Waals surface area contributed by atoms with Crippen LogP contribution in [0.3, 0.4) is 0 Å². The number of amides is 1. The fourth-order valence-corrected chi connectivity index (χ4v) is 3.79. The Morgan fingerprint density at radius 2 is 1.73 bits per heavy atom. The Balaban J connectivity index is 1.75. The zero-order valence-corrected chi connectivity index (χ0v) is 17.4. The van der Waals surface area contributed by atoms with E-state index in [2.05, 4.69) is 43.4 Å². The van der Waals surface area contributed by atoms with Crippen molar-refractivity contribution in [1.29, 1.82) is 0 Å². The van der Waals surface area contributed by atoms with Gasteiger partial charge in [0.15, 0.2) is 0 Å². The molecule has 0 aliphatic carbocycles. The van der Waals surface area contributed by atoms with E-state index in [0.29, 0.717) is 17.5 Å². The van der Waals surface area contributed by atoms with Crippen LogP contribution in [0.25, 0.3) is 0 Å². The summed E-state index contributed by atoms with van der Waals surface area (Å²) in [4.78, 5) is 13.5. The molecule has 0 fully saturated rings. The van der Waals surface area contributed by atoms with Crippen molar-refractivity contribution >= 4 is 29.3 Å². The Labute approximate surface area is 166 Å². The summed E-state index contributed by atoms with van der Waals surface area (Å²) in [5.74, 6) is 0.676. The van der Waals surface area contributed by atoms with Gasteiger partial charge in [0.1, 0.15) is 0 Å². The van der Waals surface area contributed by atoms with Crippen LogP contribution in [-0.2, 0) is 11.2 Å². The lowest BCUT2D eigenvalue weighted by Gasteiger charge is -2.15. The Morgan fingerprint density at radius 3 is 2.31 bits per heavy atom. The molecule has 0 radical (unpaired) electrons. The predicted molar refractivity (Wildman–Crippen MR) is 113 cm³/mol. The molecule has 2 nitrogen and oxygen atoms in total. The summed E-state index contributed by atoms with van der Waals surface area (Å²) >= 11 is 7.51. The molecular formula is C22H28ClNOS. The Morgan fingerprint density at radius 1 is 1.08 bits per heavy atom. The number of hydrogen-bond acceptors (Lipinski definition) is 2. The number of benzene rings is 2. The molecule has 2 aromatic rings. The van der Waals surface area contributed by atoms with Gasteiger partial charge < -0.3 is 5.32 Å². The number of thioether (sulfide) groups is 1. The zero-order chi connectivity index (χ0) is 18.9. The molecule has 0 heterocycles. The van der Waals surface area contributed by atoms with E-state index in [-0.39, 0.29) is 11.2 Å². The fraction of sp³-hybridized carbons (Fsp3) is 0.409. The molecule has 1 atom stereocenters. The van der Waals surface area contributed by atoms with Crippen LogP contribution in [0.1, 0.15) is 50.7 Å². The summed E-state index contributed by atoms with van der Waals surface area (Å²) in [6.07, 6.45) is 2.74. The molecule has 1 N–H and O–H groups in total. The van der Waals surface area contributed by atoms with Crippen LogP contribution in [0.2, 0.25) is 5.02 Å². The second-order valence-electron chi connectivity index (χ2n) is 6.76. The van der Waals surface area contributed by atoms with Gasteiger partial charge in [-0.15, -0.1) is 11.8 Å². The Hall–Kier alpha value is -1.45. The molecule has 0 spiro atoms. The van der Waals surface area contributed by atoms with Crippen LogP contribution in [0.15, 0.2) is 53.4 Å². The lowest BCUT2D eigenvalue weighted by atomic mass is 10.0. The van der Waals surface area contributed by atoms with Gasteiger partial charge in [-0.1, -0.05) is 56.6 Å². The van der Waals surface area contributed by atoms with E-state index >= 15 is 0 Å². The molecule has 0 bridgehead atoms. The minimum Gasteiger partial charge on any atom is -0.355 e. The van der Waals surface area contributed by atoms with Gasteiger partial charge in [-0.2, -0.15) is 0 Å². The van der Waals surface area contributed by atoms with Gasteiger partial charge in [0.2, 0.25) is 5.91 Å². The van der Waals surface area contributed by atoms with Crippen LogP contribution < -0.4 is 5.32 Å². The van der Waals surface area contributed by atoms with Crippen molar-refractivity contribution in [3.05, 3.63) is 64.7 Å². The third kappa shape index (κ3) is 6.69. The van der Waals surface area contributed by atoms with Gasteiger partial charge in [-0.3, -0.25) is 4.79 Å². The van der Waals surface area contributed by atoms with Crippen LogP contribution in [0.4, 0.5) is 0 Å². The summed E-state index contributed by atoms with van der Waals surface area (Å²) < 4.78 is 0. The lowest BCUT2D eigenvalue weighted by molar-refractivity contribution is -0.120. The van der Waals surface area contributed by atoms with Gasteiger partial charge in [-0.25, -0.2) is 0 Å². The number of aryl methyl sites for hydroxylation is 1. The first kappa shape index (κ1) is 20.9. The molecule has 0 aliphatic rings. The van der Waals surface area contributed by atoms with Crippen LogP contribution in [0, 0.1) is 0 Å². The number of hydrogen-bond donors (Lipinski definition) is 1. The number of carbonyl (C=O) groups is 1. The SMILES string of the molecule is CC[C@H](Sc1ccc(Cl)cc1)C(=O)NCCCc1ccc(C(C)C)cc1. The van der Waals surface area contributed by atoms with Crippen molar-refractivity contribution in [3.8, 4) is 0 Å². The van der Waals surface area contributed by atoms with E-state index in [1.807, 2.05) is 31.2 Å². The fourth-order valence-electron chi connectivity index (χ4n) is 2.69. The number of rotatable bonds is 9. The van der Waals surface area contributed by atoms with Crippen LogP contribution in [-0.4, -0.2) is 17.7 Å².